The summed E-state index contributed by atoms with van der Waals surface area (Å²) in [5.74, 6) is -0.277. The van der Waals surface area contributed by atoms with Crippen molar-refractivity contribution >= 4 is 11.7 Å². The van der Waals surface area contributed by atoms with Crippen LogP contribution in [0.2, 0.25) is 0 Å². The number of rotatable bonds is 9. The summed E-state index contributed by atoms with van der Waals surface area (Å²) in [6, 6.07) is 10.1. The van der Waals surface area contributed by atoms with Crippen molar-refractivity contribution in [1.29, 1.82) is 0 Å². The normalized spacial score (nSPS) is 10.6. The van der Waals surface area contributed by atoms with Gasteiger partial charge in [0.1, 0.15) is 0 Å². The largest absolute Gasteiger partial charge is 0.493 e. The van der Waals surface area contributed by atoms with Crippen LogP contribution < -0.4 is 14.8 Å². The Balaban J connectivity index is 1.88. The summed E-state index contributed by atoms with van der Waals surface area (Å²) in [5.41, 5.74) is 3.17. The van der Waals surface area contributed by atoms with Crippen molar-refractivity contribution in [2.75, 3.05) is 7.11 Å². The Hall–Kier alpha value is -2.96. The van der Waals surface area contributed by atoms with Gasteiger partial charge in [-0.1, -0.05) is 23.8 Å². The molecule has 2 rings (SSSR count). The second-order valence-electron chi connectivity index (χ2n) is 6.38. The van der Waals surface area contributed by atoms with E-state index in [1.807, 2.05) is 32.0 Å². The van der Waals surface area contributed by atoms with Crippen LogP contribution in [0.3, 0.4) is 0 Å². The molecule has 0 atom stereocenters. The molecular formula is C21H23F2NO4. The molecule has 0 aromatic heterocycles. The SMILES string of the molecule is COc1cc(CNC(=O)CCC(=O)c2cc(C)ccc2C)ccc1OC(F)F. The lowest BCUT2D eigenvalue weighted by Gasteiger charge is -2.12. The van der Waals surface area contributed by atoms with Gasteiger partial charge in [-0.2, -0.15) is 8.78 Å². The second kappa shape index (κ2) is 9.82. The summed E-state index contributed by atoms with van der Waals surface area (Å²) in [7, 11) is 1.34. The molecule has 1 amide bonds. The van der Waals surface area contributed by atoms with E-state index in [0.717, 1.165) is 11.1 Å². The van der Waals surface area contributed by atoms with Gasteiger partial charge in [0.05, 0.1) is 7.11 Å². The minimum atomic E-state index is -2.95. The van der Waals surface area contributed by atoms with E-state index in [-0.39, 0.29) is 42.6 Å². The summed E-state index contributed by atoms with van der Waals surface area (Å²) in [6.07, 6.45) is 0.177. The highest BCUT2D eigenvalue weighted by atomic mass is 19.3. The van der Waals surface area contributed by atoms with Crippen LogP contribution in [0.25, 0.3) is 0 Å². The van der Waals surface area contributed by atoms with E-state index >= 15 is 0 Å². The van der Waals surface area contributed by atoms with Crippen LogP contribution in [0.15, 0.2) is 36.4 Å². The molecule has 0 fully saturated rings. The molecule has 7 heteroatoms. The zero-order chi connectivity index (χ0) is 20.7. The lowest BCUT2D eigenvalue weighted by atomic mass is 9.99. The van der Waals surface area contributed by atoms with Crippen molar-refractivity contribution in [2.45, 2.75) is 39.8 Å². The first-order valence-electron chi connectivity index (χ1n) is 8.79. The van der Waals surface area contributed by atoms with E-state index < -0.39 is 6.61 Å². The van der Waals surface area contributed by atoms with E-state index in [0.29, 0.717) is 11.1 Å². The molecule has 0 radical (unpaired) electrons. The molecule has 0 spiro atoms. The zero-order valence-electron chi connectivity index (χ0n) is 16.1. The number of hydrogen-bond acceptors (Lipinski definition) is 4. The molecule has 28 heavy (non-hydrogen) atoms. The van der Waals surface area contributed by atoms with Crippen molar-refractivity contribution in [2.24, 2.45) is 0 Å². The predicted molar refractivity (Wildman–Crippen MR) is 101 cm³/mol. The highest BCUT2D eigenvalue weighted by Crippen LogP contribution is 2.29. The molecule has 150 valence electrons. The van der Waals surface area contributed by atoms with Gasteiger partial charge in [0.25, 0.3) is 0 Å². The van der Waals surface area contributed by atoms with Gasteiger partial charge in [-0.25, -0.2) is 0 Å². The van der Waals surface area contributed by atoms with Crippen LogP contribution in [-0.4, -0.2) is 25.4 Å². The van der Waals surface area contributed by atoms with Gasteiger partial charge in [-0.05, 0) is 43.2 Å². The van der Waals surface area contributed by atoms with E-state index in [4.69, 9.17) is 4.74 Å². The number of amides is 1. The molecule has 0 saturated carbocycles. The molecule has 0 saturated heterocycles. The van der Waals surface area contributed by atoms with E-state index in [1.54, 1.807) is 6.07 Å². The fourth-order valence-electron chi connectivity index (χ4n) is 2.70. The Morgan fingerprint density at radius 3 is 2.46 bits per heavy atom. The Morgan fingerprint density at radius 2 is 1.79 bits per heavy atom. The fraction of sp³-hybridized carbons (Fsp3) is 0.333. The van der Waals surface area contributed by atoms with Crippen LogP contribution >= 0.6 is 0 Å². The molecule has 2 aromatic carbocycles. The summed E-state index contributed by atoms with van der Waals surface area (Å²) >= 11 is 0. The minimum Gasteiger partial charge on any atom is -0.493 e. The van der Waals surface area contributed by atoms with Gasteiger partial charge < -0.3 is 14.8 Å². The number of hydrogen-bond donors (Lipinski definition) is 1. The summed E-state index contributed by atoms with van der Waals surface area (Å²) in [6.45, 7) is 1.01. The van der Waals surface area contributed by atoms with Gasteiger partial charge in [0.15, 0.2) is 17.3 Å². The highest BCUT2D eigenvalue weighted by Gasteiger charge is 2.13. The predicted octanol–water partition coefficient (Wildman–Crippen LogP) is 4.19. The molecule has 5 nitrogen and oxygen atoms in total. The number of Topliss-reactive ketones (excluding diaryl/α,β-unsaturated/α-hetero) is 1. The lowest BCUT2D eigenvalue weighted by molar-refractivity contribution is -0.121. The molecule has 0 heterocycles. The smallest absolute Gasteiger partial charge is 0.387 e. The first-order chi connectivity index (χ1) is 13.3. The fourth-order valence-corrected chi connectivity index (χ4v) is 2.70. The molecule has 0 unspecified atom stereocenters. The van der Waals surface area contributed by atoms with Crippen molar-refractivity contribution in [3.05, 3.63) is 58.7 Å². The Kier molecular flexibility index (Phi) is 7.49. The van der Waals surface area contributed by atoms with E-state index in [1.165, 1.54) is 19.2 Å². The number of ketones is 1. The van der Waals surface area contributed by atoms with E-state index in [2.05, 4.69) is 10.1 Å². The molecule has 0 aliphatic heterocycles. The molecule has 0 bridgehead atoms. The lowest BCUT2D eigenvalue weighted by Crippen LogP contribution is -2.23. The third-order valence-electron chi connectivity index (χ3n) is 4.21. The third-order valence-corrected chi connectivity index (χ3v) is 4.21. The minimum absolute atomic E-state index is 0.0654. The van der Waals surface area contributed by atoms with Crippen molar-refractivity contribution < 1.29 is 27.8 Å². The van der Waals surface area contributed by atoms with Crippen LogP contribution in [0.4, 0.5) is 8.78 Å². The van der Waals surface area contributed by atoms with Crippen molar-refractivity contribution in [3.63, 3.8) is 0 Å². The van der Waals surface area contributed by atoms with Crippen LogP contribution in [0.1, 0.15) is 39.9 Å². The highest BCUT2D eigenvalue weighted by molar-refractivity contribution is 5.99. The average molecular weight is 391 g/mol. The maximum absolute atomic E-state index is 12.3. The first kappa shape index (κ1) is 21.3. The maximum Gasteiger partial charge on any atom is 0.387 e. The van der Waals surface area contributed by atoms with Gasteiger partial charge in [0.2, 0.25) is 5.91 Å². The topological polar surface area (TPSA) is 64.6 Å². The molecule has 2 aromatic rings. The summed E-state index contributed by atoms with van der Waals surface area (Å²) < 4.78 is 34.1. The number of benzene rings is 2. The Labute approximate surface area is 162 Å². The standard InChI is InChI=1S/C21H23F2NO4/c1-13-4-5-14(2)16(10-13)17(25)7-9-20(26)24-12-15-6-8-18(28-21(22)23)19(11-15)27-3/h4-6,8,10-11,21H,7,9,12H2,1-3H3,(H,24,26). The molecule has 0 aliphatic rings. The quantitative estimate of drug-likeness (QED) is 0.651. The van der Waals surface area contributed by atoms with Gasteiger partial charge in [-0.3, -0.25) is 9.59 Å². The van der Waals surface area contributed by atoms with Crippen LogP contribution in [0.5, 0.6) is 11.5 Å². The van der Waals surface area contributed by atoms with E-state index in [9.17, 15) is 18.4 Å². The van der Waals surface area contributed by atoms with Gasteiger partial charge >= 0.3 is 6.61 Å². The van der Waals surface area contributed by atoms with Gasteiger partial charge in [-0.15, -0.1) is 0 Å². The molecular weight excluding hydrogens is 368 g/mol. The average Bonchev–Trinajstić information content (AvgIpc) is 2.66. The summed E-state index contributed by atoms with van der Waals surface area (Å²) in [5, 5.41) is 2.71. The van der Waals surface area contributed by atoms with Crippen molar-refractivity contribution in [3.8, 4) is 11.5 Å². The number of carbonyl (C=O) groups is 2. The zero-order valence-corrected chi connectivity index (χ0v) is 16.1. The first-order valence-corrected chi connectivity index (χ1v) is 8.79. The number of ether oxygens (including phenoxy) is 2. The number of carbonyl (C=O) groups excluding carboxylic acids is 2. The number of methoxy groups -OCH3 is 1. The number of aryl methyl sites for hydroxylation is 2. The Morgan fingerprint density at radius 1 is 1.04 bits per heavy atom. The maximum atomic E-state index is 12.3. The molecule has 0 aliphatic carbocycles. The third kappa shape index (κ3) is 6.04. The van der Waals surface area contributed by atoms with Crippen LogP contribution in [-0.2, 0) is 11.3 Å². The van der Waals surface area contributed by atoms with Gasteiger partial charge in [0, 0.05) is 24.9 Å². The second-order valence-corrected chi connectivity index (χ2v) is 6.38. The number of alkyl halides is 2. The summed E-state index contributed by atoms with van der Waals surface area (Å²) in [4.78, 5) is 24.4. The Bertz CT molecular complexity index is 852. The van der Waals surface area contributed by atoms with Crippen molar-refractivity contribution in [1.82, 2.24) is 5.32 Å². The van der Waals surface area contributed by atoms with Crippen LogP contribution in [0, 0.1) is 13.8 Å². The number of halogens is 2. The molecule has 1 N–H and O–H groups in total. The number of nitrogens with one attached hydrogen (secondary N) is 1. The monoisotopic (exact) mass is 391 g/mol.